The largest absolute Gasteiger partial charge is 0.397 e. The maximum atomic E-state index is 12.5. The highest BCUT2D eigenvalue weighted by atomic mass is 19.3. The predicted molar refractivity (Wildman–Crippen MR) is 48.2 cm³/mol. The second kappa shape index (κ2) is 4.13. The number of anilines is 1. The Morgan fingerprint density at radius 3 is 2.60 bits per heavy atom. The van der Waals surface area contributed by atoms with Crippen molar-refractivity contribution in [2.45, 2.75) is 13.0 Å². The monoisotopic (exact) mass is 218 g/mol. The minimum Gasteiger partial charge on any atom is -0.397 e. The van der Waals surface area contributed by atoms with Crippen LogP contribution in [0.4, 0.5) is 20.2 Å². The van der Waals surface area contributed by atoms with Gasteiger partial charge in [0.05, 0.1) is 16.3 Å². The van der Waals surface area contributed by atoms with E-state index in [2.05, 4.69) is 4.98 Å². The Labute approximate surface area is 83.0 Å². The smallest absolute Gasteiger partial charge is 0.298 e. The molecule has 8 heteroatoms. The van der Waals surface area contributed by atoms with Gasteiger partial charge in [-0.3, -0.25) is 15.1 Å². The van der Waals surface area contributed by atoms with Gasteiger partial charge in [0.25, 0.3) is 12.1 Å². The van der Waals surface area contributed by atoms with Crippen molar-refractivity contribution >= 4 is 11.4 Å². The number of pyridine rings is 1. The fourth-order valence-electron chi connectivity index (χ4n) is 1.11. The van der Waals surface area contributed by atoms with Gasteiger partial charge in [-0.25, -0.2) is 8.78 Å². The molecule has 0 spiro atoms. The molecule has 0 fully saturated rings. The van der Waals surface area contributed by atoms with Crippen LogP contribution in [0.1, 0.15) is 17.7 Å². The number of halogens is 2. The number of alkyl halides is 2. The Morgan fingerprint density at radius 2 is 2.20 bits per heavy atom. The van der Waals surface area contributed by atoms with Crippen molar-refractivity contribution in [3.8, 4) is 0 Å². The van der Waals surface area contributed by atoms with Crippen LogP contribution in [0.2, 0.25) is 0 Å². The number of aromatic nitrogens is 1. The normalized spacial score (nSPS) is 10.7. The van der Waals surface area contributed by atoms with Gasteiger partial charge >= 0.3 is 0 Å². The van der Waals surface area contributed by atoms with Gasteiger partial charge in [-0.05, 0) is 0 Å². The van der Waals surface area contributed by atoms with Crippen molar-refractivity contribution in [1.82, 2.24) is 4.98 Å². The summed E-state index contributed by atoms with van der Waals surface area (Å²) in [6.07, 6.45) is -2.29. The third-order valence-electron chi connectivity index (χ3n) is 1.83. The highest BCUT2D eigenvalue weighted by molar-refractivity contribution is 5.60. The van der Waals surface area contributed by atoms with E-state index in [-0.39, 0.29) is 12.2 Å². The lowest BCUT2D eigenvalue weighted by molar-refractivity contribution is -0.386. The number of hydrogen-bond acceptors (Lipinski definition) is 5. The van der Waals surface area contributed by atoms with Gasteiger partial charge in [0, 0.05) is 6.54 Å². The van der Waals surface area contributed by atoms with Gasteiger partial charge < -0.3 is 11.5 Å². The zero-order valence-corrected chi connectivity index (χ0v) is 7.48. The van der Waals surface area contributed by atoms with Gasteiger partial charge in [-0.2, -0.15) is 0 Å². The zero-order chi connectivity index (χ0) is 11.6. The molecule has 4 N–H and O–H groups in total. The van der Waals surface area contributed by atoms with Gasteiger partial charge in [-0.15, -0.1) is 0 Å². The number of nitrogen functional groups attached to an aromatic ring is 1. The molecule has 0 unspecified atom stereocenters. The van der Waals surface area contributed by atoms with Crippen LogP contribution in [0.3, 0.4) is 0 Å². The molecule has 0 saturated carbocycles. The van der Waals surface area contributed by atoms with Gasteiger partial charge in [0.1, 0.15) is 11.8 Å². The molecule has 0 saturated heterocycles. The Balaban J connectivity index is 3.44. The van der Waals surface area contributed by atoms with Crippen LogP contribution in [0, 0.1) is 10.1 Å². The first-order chi connectivity index (χ1) is 6.99. The van der Waals surface area contributed by atoms with Crippen LogP contribution >= 0.6 is 0 Å². The first-order valence-electron chi connectivity index (χ1n) is 3.88. The highest BCUT2D eigenvalue weighted by Crippen LogP contribution is 2.34. The minimum atomic E-state index is -3.03. The topological polar surface area (TPSA) is 108 Å². The molecular formula is C7H8F2N4O2. The number of nitrogens with two attached hydrogens (primary N) is 2. The molecule has 82 valence electrons. The molecule has 1 heterocycles. The van der Waals surface area contributed by atoms with Crippen LogP contribution in [-0.2, 0) is 6.54 Å². The zero-order valence-electron chi connectivity index (χ0n) is 7.48. The standard InChI is InChI=1S/C7H8F2N4O2/c8-7(9)5-4(13(14)15)2-12-3(1-10)6(5)11/h2,7H,1,10-11H2. The summed E-state index contributed by atoms with van der Waals surface area (Å²) in [6, 6.07) is 0. The summed E-state index contributed by atoms with van der Waals surface area (Å²) >= 11 is 0. The lowest BCUT2D eigenvalue weighted by atomic mass is 10.1. The number of nitro groups is 1. The van der Waals surface area contributed by atoms with Gasteiger partial charge in [0.2, 0.25) is 0 Å². The molecule has 0 aliphatic rings. The van der Waals surface area contributed by atoms with E-state index in [4.69, 9.17) is 11.5 Å². The Hall–Kier alpha value is -1.83. The second-order valence-electron chi connectivity index (χ2n) is 2.68. The van der Waals surface area contributed by atoms with Crippen LogP contribution in [0.25, 0.3) is 0 Å². The van der Waals surface area contributed by atoms with E-state index in [0.717, 1.165) is 6.20 Å². The van der Waals surface area contributed by atoms with Crippen molar-refractivity contribution in [1.29, 1.82) is 0 Å². The molecule has 0 atom stereocenters. The molecule has 0 amide bonds. The Bertz CT molecular complexity index is 397. The fourth-order valence-corrected chi connectivity index (χ4v) is 1.11. The summed E-state index contributed by atoms with van der Waals surface area (Å²) in [5.74, 6) is 0. The molecule has 0 bridgehead atoms. The lowest BCUT2D eigenvalue weighted by Gasteiger charge is -2.08. The molecule has 1 aromatic rings. The quantitative estimate of drug-likeness (QED) is 0.580. The third kappa shape index (κ3) is 1.99. The Kier molecular flexibility index (Phi) is 3.10. The van der Waals surface area contributed by atoms with Gasteiger partial charge in [0.15, 0.2) is 0 Å². The second-order valence-corrected chi connectivity index (χ2v) is 2.68. The average Bonchev–Trinajstić information content (AvgIpc) is 2.16. The van der Waals surface area contributed by atoms with Crippen LogP contribution in [-0.4, -0.2) is 9.91 Å². The van der Waals surface area contributed by atoms with E-state index < -0.39 is 28.3 Å². The summed E-state index contributed by atoms with van der Waals surface area (Å²) < 4.78 is 25.0. The van der Waals surface area contributed by atoms with E-state index >= 15 is 0 Å². The molecule has 1 aromatic heterocycles. The highest BCUT2D eigenvalue weighted by Gasteiger charge is 2.26. The summed E-state index contributed by atoms with van der Waals surface area (Å²) in [5, 5.41) is 10.4. The SMILES string of the molecule is NCc1ncc([N+](=O)[O-])c(C(F)F)c1N. The van der Waals surface area contributed by atoms with E-state index in [1.807, 2.05) is 0 Å². The van der Waals surface area contributed by atoms with E-state index in [0.29, 0.717) is 0 Å². The van der Waals surface area contributed by atoms with E-state index in [1.54, 1.807) is 0 Å². The molecule has 0 aromatic carbocycles. The van der Waals surface area contributed by atoms with Crippen LogP contribution in [0.15, 0.2) is 6.20 Å². The molecule has 0 radical (unpaired) electrons. The molecular weight excluding hydrogens is 210 g/mol. The lowest BCUT2D eigenvalue weighted by Crippen LogP contribution is -2.10. The summed E-state index contributed by atoms with van der Waals surface area (Å²) in [4.78, 5) is 13.0. The average molecular weight is 218 g/mol. The van der Waals surface area contributed by atoms with E-state index in [1.165, 1.54) is 0 Å². The summed E-state index contributed by atoms with van der Waals surface area (Å²) in [5.41, 5.74) is 8.49. The van der Waals surface area contributed by atoms with Gasteiger partial charge in [-0.1, -0.05) is 0 Å². The van der Waals surface area contributed by atoms with Crippen LogP contribution in [0.5, 0.6) is 0 Å². The summed E-state index contributed by atoms with van der Waals surface area (Å²) in [7, 11) is 0. The molecule has 6 nitrogen and oxygen atoms in total. The molecule has 0 aliphatic carbocycles. The van der Waals surface area contributed by atoms with Crippen molar-refractivity contribution < 1.29 is 13.7 Å². The first-order valence-corrected chi connectivity index (χ1v) is 3.88. The Morgan fingerprint density at radius 1 is 1.60 bits per heavy atom. The van der Waals surface area contributed by atoms with Crippen molar-refractivity contribution in [2.24, 2.45) is 5.73 Å². The number of nitrogens with zero attached hydrogens (tertiary/aromatic N) is 2. The van der Waals surface area contributed by atoms with Crippen molar-refractivity contribution in [3.05, 3.63) is 27.6 Å². The van der Waals surface area contributed by atoms with Crippen molar-refractivity contribution in [2.75, 3.05) is 5.73 Å². The van der Waals surface area contributed by atoms with E-state index in [9.17, 15) is 18.9 Å². The number of rotatable bonds is 3. The summed E-state index contributed by atoms with van der Waals surface area (Å²) in [6.45, 7) is -0.149. The fraction of sp³-hybridized carbons (Fsp3) is 0.286. The van der Waals surface area contributed by atoms with Crippen molar-refractivity contribution in [3.63, 3.8) is 0 Å². The predicted octanol–water partition coefficient (Wildman–Crippen LogP) is 0.968. The molecule has 15 heavy (non-hydrogen) atoms. The van der Waals surface area contributed by atoms with Crippen LogP contribution < -0.4 is 11.5 Å². The molecule has 1 rings (SSSR count). The first kappa shape index (κ1) is 11.2. The number of hydrogen-bond donors (Lipinski definition) is 2. The maximum Gasteiger partial charge on any atom is 0.298 e. The molecule has 0 aliphatic heterocycles. The maximum absolute atomic E-state index is 12.5. The third-order valence-corrected chi connectivity index (χ3v) is 1.83. The minimum absolute atomic E-state index is 0.0240.